The zero-order valence-electron chi connectivity index (χ0n) is 12.7. The first kappa shape index (κ1) is 16.0. The number of benzene rings is 1. The van der Waals surface area contributed by atoms with E-state index in [9.17, 15) is 4.39 Å². The number of halogens is 2. The average molecular weight is 342 g/mol. The first-order chi connectivity index (χ1) is 9.41. The Morgan fingerprint density at radius 3 is 2.55 bits per heavy atom. The van der Waals surface area contributed by atoms with E-state index < -0.39 is 0 Å². The molecule has 1 aliphatic rings. The van der Waals surface area contributed by atoms with E-state index in [-0.39, 0.29) is 5.82 Å². The van der Waals surface area contributed by atoms with E-state index in [0.29, 0.717) is 17.4 Å². The first-order valence-corrected chi connectivity index (χ1v) is 8.32. The third kappa shape index (κ3) is 4.05. The lowest BCUT2D eigenvalue weighted by Gasteiger charge is -2.38. The van der Waals surface area contributed by atoms with E-state index in [0.717, 1.165) is 16.5 Å². The minimum absolute atomic E-state index is 0.101. The van der Waals surface area contributed by atoms with E-state index >= 15 is 0 Å². The lowest BCUT2D eigenvalue weighted by Crippen LogP contribution is -2.39. The molecule has 2 rings (SSSR count). The van der Waals surface area contributed by atoms with Crippen LogP contribution in [-0.2, 0) is 6.42 Å². The molecule has 1 atom stereocenters. The van der Waals surface area contributed by atoms with Gasteiger partial charge in [0.1, 0.15) is 5.82 Å². The van der Waals surface area contributed by atoms with Crippen molar-refractivity contribution in [3.05, 3.63) is 34.1 Å². The zero-order chi connectivity index (χ0) is 14.8. The Labute approximate surface area is 130 Å². The Kier molecular flexibility index (Phi) is 5.25. The molecule has 0 bridgehead atoms. The molecular formula is C17H25BrFN. The minimum atomic E-state index is -0.101. The molecule has 1 saturated carbocycles. The Hall–Kier alpha value is -0.410. The van der Waals surface area contributed by atoms with Crippen molar-refractivity contribution in [2.45, 2.75) is 52.0 Å². The highest BCUT2D eigenvalue weighted by Gasteiger charge is 2.31. The largest absolute Gasteiger partial charge is 0.316 e. The predicted octanol–water partition coefficient (Wildman–Crippen LogP) is 4.94. The van der Waals surface area contributed by atoms with Crippen molar-refractivity contribution in [1.29, 1.82) is 0 Å². The molecule has 1 aromatic carbocycles. The first-order valence-electron chi connectivity index (χ1n) is 7.52. The second-order valence-corrected chi connectivity index (χ2v) is 7.75. The van der Waals surface area contributed by atoms with Crippen LogP contribution in [0.2, 0.25) is 0 Å². The van der Waals surface area contributed by atoms with E-state index in [1.807, 2.05) is 19.2 Å². The normalized spacial score (nSPS) is 20.9. The molecule has 0 saturated heterocycles. The van der Waals surface area contributed by atoms with Crippen LogP contribution in [0.3, 0.4) is 0 Å². The maximum atomic E-state index is 14.0. The van der Waals surface area contributed by atoms with Gasteiger partial charge in [0.2, 0.25) is 0 Å². The fraction of sp³-hybridized carbons (Fsp3) is 0.647. The van der Waals surface area contributed by atoms with Gasteiger partial charge >= 0.3 is 0 Å². The van der Waals surface area contributed by atoms with Crippen LogP contribution < -0.4 is 5.32 Å². The SMILES string of the molecule is CNC(Cc1ccc(Br)cc1F)C1CCC(C)(C)CC1. The molecule has 1 unspecified atom stereocenters. The minimum Gasteiger partial charge on any atom is -0.316 e. The standard InChI is InChI=1S/C17H25BrFN/c1-17(2)8-6-12(7-9-17)16(20-3)10-13-4-5-14(18)11-15(13)19/h4-5,11-12,16,20H,6-10H2,1-3H3. The van der Waals surface area contributed by atoms with Gasteiger partial charge in [-0.2, -0.15) is 0 Å². The molecule has 0 heterocycles. The fourth-order valence-electron chi connectivity index (χ4n) is 3.25. The quantitative estimate of drug-likeness (QED) is 0.818. The van der Waals surface area contributed by atoms with Gasteiger partial charge in [0.15, 0.2) is 0 Å². The second kappa shape index (κ2) is 6.57. The number of nitrogens with one attached hydrogen (secondary N) is 1. The van der Waals surface area contributed by atoms with Crippen LogP contribution in [0.1, 0.15) is 45.1 Å². The van der Waals surface area contributed by atoms with Gasteiger partial charge in [0, 0.05) is 10.5 Å². The number of likely N-dealkylation sites (N-methyl/N-ethyl adjacent to an activating group) is 1. The molecule has 1 aliphatic carbocycles. The molecule has 1 fully saturated rings. The summed E-state index contributed by atoms with van der Waals surface area (Å²) in [6.45, 7) is 4.71. The van der Waals surface area contributed by atoms with Gasteiger partial charge in [-0.15, -0.1) is 0 Å². The third-order valence-corrected chi connectivity index (χ3v) is 5.27. The summed E-state index contributed by atoms with van der Waals surface area (Å²) < 4.78 is 14.8. The van der Waals surface area contributed by atoms with Crippen LogP contribution in [0, 0.1) is 17.2 Å². The summed E-state index contributed by atoms with van der Waals surface area (Å²) in [5.74, 6) is 0.562. The van der Waals surface area contributed by atoms with Crippen molar-refractivity contribution >= 4 is 15.9 Å². The van der Waals surface area contributed by atoms with Crippen molar-refractivity contribution in [2.75, 3.05) is 7.05 Å². The zero-order valence-corrected chi connectivity index (χ0v) is 14.3. The van der Waals surface area contributed by atoms with Gasteiger partial charge in [-0.25, -0.2) is 4.39 Å². The van der Waals surface area contributed by atoms with Crippen molar-refractivity contribution in [2.24, 2.45) is 11.3 Å². The highest BCUT2D eigenvalue weighted by molar-refractivity contribution is 9.10. The molecule has 1 N–H and O–H groups in total. The van der Waals surface area contributed by atoms with Crippen molar-refractivity contribution in [1.82, 2.24) is 5.32 Å². The monoisotopic (exact) mass is 341 g/mol. The van der Waals surface area contributed by atoms with Crippen LogP contribution in [0.4, 0.5) is 4.39 Å². The number of hydrogen-bond acceptors (Lipinski definition) is 1. The molecule has 112 valence electrons. The van der Waals surface area contributed by atoms with Crippen LogP contribution in [0.15, 0.2) is 22.7 Å². The Morgan fingerprint density at radius 2 is 2.00 bits per heavy atom. The van der Waals surface area contributed by atoms with Gasteiger partial charge in [-0.3, -0.25) is 0 Å². The van der Waals surface area contributed by atoms with Crippen LogP contribution in [0.5, 0.6) is 0 Å². The van der Waals surface area contributed by atoms with E-state index in [2.05, 4.69) is 35.1 Å². The van der Waals surface area contributed by atoms with E-state index in [4.69, 9.17) is 0 Å². The van der Waals surface area contributed by atoms with Crippen LogP contribution in [0.25, 0.3) is 0 Å². The molecule has 0 spiro atoms. The predicted molar refractivity (Wildman–Crippen MR) is 86.4 cm³/mol. The van der Waals surface area contributed by atoms with Crippen molar-refractivity contribution in [3.8, 4) is 0 Å². The fourth-order valence-corrected chi connectivity index (χ4v) is 3.59. The summed E-state index contributed by atoms with van der Waals surface area (Å²) in [6.07, 6.45) is 5.82. The lowest BCUT2D eigenvalue weighted by atomic mass is 9.70. The topological polar surface area (TPSA) is 12.0 Å². The maximum Gasteiger partial charge on any atom is 0.127 e. The molecule has 0 amide bonds. The van der Waals surface area contributed by atoms with E-state index in [1.54, 1.807) is 6.07 Å². The summed E-state index contributed by atoms with van der Waals surface area (Å²) in [7, 11) is 2.00. The summed E-state index contributed by atoms with van der Waals surface area (Å²) >= 11 is 3.31. The van der Waals surface area contributed by atoms with Crippen LogP contribution in [-0.4, -0.2) is 13.1 Å². The van der Waals surface area contributed by atoms with Crippen LogP contribution >= 0.6 is 15.9 Å². The Bertz CT molecular complexity index is 448. The van der Waals surface area contributed by atoms with Gasteiger partial charge < -0.3 is 5.32 Å². The second-order valence-electron chi connectivity index (χ2n) is 6.84. The summed E-state index contributed by atoms with van der Waals surface area (Å²) in [5, 5.41) is 3.41. The lowest BCUT2D eigenvalue weighted by molar-refractivity contribution is 0.163. The third-order valence-electron chi connectivity index (χ3n) is 4.78. The molecule has 3 heteroatoms. The van der Waals surface area contributed by atoms with Crippen molar-refractivity contribution < 1.29 is 4.39 Å². The number of hydrogen-bond donors (Lipinski definition) is 1. The molecule has 20 heavy (non-hydrogen) atoms. The Balaban J connectivity index is 2.02. The number of rotatable bonds is 4. The molecule has 0 aromatic heterocycles. The van der Waals surface area contributed by atoms with Gasteiger partial charge in [-0.1, -0.05) is 35.8 Å². The Morgan fingerprint density at radius 1 is 1.35 bits per heavy atom. The highest BCUT2D eigenvalue weighted by atomic mass is 79.9. The van der Waals surface area contributed by atoms with Gasteiger partial charge in [-0.05, 0) is 68.2 Å². The molecule has 1 aromatic rings. The molecule has 0 radical (unpaired) electrons. The smallest absolute Gasteiger partial charge is 0.127 e. The summed E-state index contributed by atoms with van der Waals surface area (Å²) in [4.78, 5) is 0. The summed E-state index contributed by atoms with van der Waals surface area (Å²) in [6, 6.07) is 5.76. The van der Waals surface area contributed by atoms with Crippen molar-refractivity contribution in [3.63, 3.8) is 0 Å². The average Bonchev–Trinajstić information content (AvgIpc) is 2.39. The van der Waals surface area contributed by atoms with Gasteiger partial charge in [0.25, 0.3) is 0 Å². The maximum absolute atomic E-state index is 14.0. The summed E-state index contributed by atoms with van der Waals surface area (Å²) in [5.41, 5.74) is 1.30. The van der Waals surface area contributed by atoms with Gasteiger partial charge in [0.05, 0.1) is 0 Å². The highest BCUT2D eigenvalue weighted by Crippen LogP contribution is 2.39. The molecular weight excluding hydrogens is 317 g/mol. The molecule has 0 aliphatic heterocycles. The van der Waals surface area contributed by atoms with E-state index in [1.165, 1.54) is 25.7 Å². The molecule has 1 nitrogen and oxygen atoms in total.